The van der Waals surface area contributed by atoms with Crippen molar-refractivity contribution in [2.24, 2.45) is 0 Å². The molecule has 0 aliphatic heterocycles. The minimum absolute atomic E-state index is 0.0464. The zero-order chi connectivity index (χ0) is 16.8. The average molecular weight is 312 g/mol. The highest BCUT2D eigenvalue weighted by molar-refractivity contribution is 6.41. The first-order chi connectivity index (χ1) is 11.0. The lowest BCUT2D eigenvalue weighted by Crippen LogP contribution is -2.36. The molecular weight excluding hydrogens is 296 g/mol. The molecule has 2 aromatic rings. The molecule has 0 bridgehead atoms. The summed E-state index contributed by atoms with van der Waals surface area (Å²) in [6, 6.07) is 14.9. The second-order valence-corrected chi connectivity index (χ2v) is 4.90. The minimum atomic E-state index is -0.745. The zero-order valence-corrected chi connectivity index (χ0v) is 12.6. The van der Waals surface area contributed by atoms with Gasteiger partial charge in [0.25, 0.3) is 11.6 Å². The van der Waals surface area contributed by atoms with E-state index in [1.54, 1.807) is 37.3 Å². The molecule has 0 fully saturated rings. The molecule has 6 heteroatoms. The first kappa shape index (κ1) is 16.4. The van der Waals surface area contributed by atoms with E-state index in [2.05, 4.69) is 0 Å². The Bertz CT molecular complexity index is 728. The van der Waals surface area contributed by atoms with Gasteiger partial charge in [0.05, 0.1) is 11.5 Å². The summed E-state index contributed by atoms with van der Waals surface area (Å²) in [5.74, 6) is -1.33. The Hall–Kier alpha value is -3.02. The van der Waals surface area contributed by atoms with Crippen molar-refractivity contribution in [2.45, 2.75) is 19.9 Å². The van der Waals surface area contributed by atoms with Crippen LogP contribution in [0.15, 0.2) is 54.6 Å². The number of rotatable bonds is 6. The topological polar surface area (TPSA) is 80.5 Å². The summed E-state index contributed by atoms with van der Waals surface area (Å²) >= 11 is 0. The summed E-state index contributed by atoms with van der Waals surface area (Å²) in [7, 11) is 0. The normalized spacial score (nSPS) is 10.1. The maximum Gasteiger partial charge on any atom is 0.294 e. The van der Waals surface area contributed by atoms with E-state index in [-0.39, 0.29) is 24.3 Å². The smallest absolute Gasteiger partial charge is 0.294 e. The average Bonchev–Trinajstić information content (AvgIpc) is 2.59. The van der Waals surface area contributed by atoms with Gasteiger partial charge in [-0.05, 0) is 11.6 Å². The lowest BCUT2D eigenvalue weighted by molar-refractivity contribution is -0.384. The molecule has 0 spiro atoms. The molecule has 0 unspecified atom stereocenters. The second-order valence-electron chi connectivity index (χ2n) is 4.90. The summed E-state index contributed by atoms with van der Waals surface area (Å²) in [6.07, 6.45) is 0.0464. The van der Waals surface area contributed by atoms with E-state index in [9.17, 15) is 19.7 Å². The van der Waals surface area contributed by atoms with Crippen LogP contribution in [-0.4, -0.2) is 16.6 Å². The maximum atomic E-state index is 12.4. The highest BCUT2D eigenvalue weighted by Gasteiger charge is 2.27. The van der Waals surface area contributed by atoms with Gasteiger partial charge in [-0.15, -0.1) is 0 Å². The van der Waals surface area contributed by atoms with Crippen LogP contribution in [0.4, 0.5) is 11.4 Å². The molecule has 0 heterocycles. The predicted molar refractivity (Wildman–Crippen MR) is 86.0 cm³/mol. The fraction of sp³-hybridized carbons (Fsp3) is 0.176. The number of benzene rings is 2. The summed E-state index contributed by atoms with van der Waals surface area (Å²) in [4.78, 5) is 36.1. The molecule has 6 nitrogen and oxygen atoms in total. The molecule has 0 saturated heterocycles. The standard InChI is InChI=1S/C17H16N2O4/c1-2-16(20)17(21)18(12-13-8-4-3-5-9-13)14-10-6-7-11-15(14)19(22)23/h3-11H,2,12H2,1H3. The van der Waals surface area contributed by atoms with Crippen LogP contribution in [0, 0.1) is 10.1 Å². The Morgan fingerprint density at radius 1 is 1.04 bits per heavy atom. The van der Waals surface area contributed by atoms with Gasteiger partial charge in [0, 0.05) is 12.5 Å². The lowest BCUT2D eigenvalue weighted by atomic mass is 10.1. The van der Waals surface area contributed by atoms with Gasteiger partial charge in [-0.25, -0.2) is 0 Å². The van der Waals surface area contributed by atoms with E-state index in [1.807, 2.05) is 6.07 Å². The number of anilines is 1. The van der Waals surface area contributed by atoms with E-state index >= 15 is 0 Å². The number of hydrogen-bond acceptors (Lipinski definition) is 4. The highest BCUT2D eigenvalue weighted by Crippen LogP contribution is 2.29. The Morgan fingerprint density at radius 3 is 2.26 bits per heavy atom. The number of hydrogen-bond donors (Lipinski definition) is 0. The fourth-order valence-corrected chi connectivity index (χ4v) is 2.18. The summed E-state index contributed by atoms with van der Waals surface area (Å²) in [5.41, 5.74) is 0.691. The van der Waals surface area contributed by atoms with Gasteiger partial charge < -0.3 is 0 Å². The van der Waals surface area contributed by atoms with Crippen LogP contribution in [-0.2, 0) is 16.1 Å². The van der Waals surface area contributed by atoms with E-state index in [0.29, 0.717) is 0 Å². The monoisotopic (exact) mass is 312 g/mol. The van der Waals surface area contributed by atoms with Crippen LogP contribution in [0.1, 0.15) is 18.9 Å². The fourth-order valence-electron chi connectivity index (χ4n) is 2.18. The molecule has 23 heavy (non-hydrogen) atoms. The molecule has 0 aliphatic carbocycles. The molecule has 0 radical (unpaired) electrons. The zero-order valence-electron chi connectivity index (χ0n) is 12.6. The number of Topliss-reactive ketones (excluding diaryl/α,β-unsaturated/α-hetero) is 1. The van der Waals surface area contributed by atoms with Gasteiger partial charge in [0.2, 0.25) is 5.78 Å². The van der Waals surface area contributed by atoms with Crippen molar-refractivity contribution in [3.63, 3.8) is 0 Å². The third-order valence-electron chi connectivity index (χ3n) is 3.36. The molecule has 2 aromatic carbocycles. The minimum Gasteiger partial charge on any atom is -0.295 e. The van der Waals surface area contributed by atoms with Gasteiger partial charge in [-0.2, -0.15) is 0 Å². The number of ketones is 1. The lowest BCUT2D eigenvalue weighted by Gasteiger charge is -2.22. The summed E-state index contributed by atoms with van der Waals surface area (Å²) < 4.78 is 0. The van der Waals surface area contributed by atoms with Crippen molar-refractivity contribution in [1.29, 1.82) is 0 Å². The van der Waals surface area contributed by atoms with Gasteiger partial charge in [0.1, 0.15) is 5.69 Å². The van der Waals surface area contributed by atoms with Crippen LogP contribution in [0.25, 0.3) is 0 Å². The quantitative estimate of drug-likeness (QED) is 0.466. The van der Waals surface area contributed by atoms with Crippen LogP contribution in [0.2, 0.25) is 0 Å². The Balaban J connectivity index is 2.47. The van der Waals surface area contributed by atoms with E-state index in [0.717, 1.165) is 5.56 Å². The van der Waals surface area contributed by atoms with E-state index in [1.165, 1.54) is 23.1 Å². The molecule has 0 aromatic heterocycles. The molecule has 2 rings (SSSR count). The number of para-hydroxylation sites is 2. The first-order valence-corrected chi connectivity index (χ1v) is 7.16. The largest absolute Gasteiger partial charge is 0.295 e. The Kier molecular flexibility index (Phi) is 5.19. The second kappa shape index (κ2) is 7.31. The van der Waals surface area contributed by atoms with Gasteiger partial charge in [0.15, 0.2) is 0 Å². The molecule has 1 amide bonds. The van der Waals surface area contributed by atoms with Crippen molar-refractivity contribution < 1.29 is 14.5 Å². The summed E-state index contributed by atoms with van der Waals surface area (Å²) in [5, 5.41) is 11.2. The van der Waals surface area contributed by atoms with E-state index < -0.39 is 16.6 Å². The van der Waals surface area contributed by atoms with Gasteiger partial charge in [-0.3, -0.25) is 24.6 Å². The molecule has 0 N–H and O–H groups in total. The SMILES string of the molecule is CCC(=O)C(=O)N(Cc1ccccc1)c1ccccc1[N+](=O)[O-]. The van der Waals surface area contributed by atoms with Crippen LogP contribution in [0.5, 0.6) is 0 Å². The number of nitro groups is 1. The van der Waals surface area contributed by atoms with Crippen LogP contribution >= 0.6 is 0 Å². The van der Waals surface area contributed by atoms with E-state index in [4.69, 9.17) is 0 Å². The Labute approximate surface area is 133 Å². The molecule has 0 atom stereocenters. The van der Waals surface area contributed by atoms with Gasteiger partial charge >= 0.3 is 0 Å². The molecule has 0 saturated carbocycles. The van der Waals surface area contributed by atoms with Crippen molar-refractivity contribution in [3.05, 3.63) is 70.3 Å². The van der Waals surface area contributed by atoms with Crippen molar-refractivity contribution in [3.8, 4) is 0 Å². The molecule has 118 valence electrons. The third kappa shape index (κ3) is 3.79. The van der Waals surface area contributed by atoms with Crippen molar-refractivity contribution >= 4 is 23.1 Å². The van der Waals surface area contributed by atoms with Crippen molar-refractivity contribution in [2.75, 3.05) is 4.90 Å². The Morgan fingerprint density at radius 2 is 1.65 bits per heavy atom. The number of carbonyl (C=O) groups is 2. The maximum absolute atomic E-state index is 12.4. The number of carbonyl (C=O) groups excluding carboxylic acids is 2. The van der Waals surface area contributed by atoms with Crippen molar-refractivity contribution in [1.82, 2.24) is 0 Å². The highest BCUT2D eigenvalue weighted by atomic mass is 16.6. The molecular formula is C17H16N2O4. The van der Waals surface area contributed by atoms with Crippen LogP contribution in [0.3, 0.4) is 0 Å². The number of nitrogens with zero attached hydrogens (tertiary/aromatic N) is 2. The molecule has 0 aliphatic rings. The number of nitro benzene ring substituents is 1. The van der Waals surface area contributed by atoms with Crippen LogP contribution < -0.4 is 4.90 Å². The summed E-state index contributed by atoms with van der Waals surface area (Å²) in [6.45, 7) is 1.68. The van der Waals surface area contributed by atoms with Gasteiger partial charge in [-0.1, -0.05) is 49.4 Å². The first-order valence-electron chi connectivity index (χ1n) is 7.16. The third-order valence-corrected chi connectivity index (χ3v) is 3.36. The number of amides is 1. The predicted octanol–water partition coefficient (Wildman–Crippen LogP) is 3.11.